The molecule has 3 aromatic rings. The number of benzene rings is 1. The fraction of sp³-hybridized carbons (Fsp3) is 0.154. The molecule has 0 bridgehead atoms. The largest absolute Gasteiger partial charge is 0.417 e. The molecule has 2 heterocycles. The molecule has 0 aliphatic carbocycles. The number of hydrogen-bond acceptors (Lipinski definition) is 6. The highest BCUT2D eigenvalue weighted by molar-refractivity contribution is 5.85. The number of H-pyrrole nitrogens is 1. The number of aromatic amines is 1. The average Bonchev–Trinajstić information content (AvgIpc) is 2.77. The van der Waals surface area contributed by atoms with Crippen molar-refractivity contribution >= 4 is 22.5 Å². The minimum atomic E-state index is -0.499. The van der Waals surface area contributed by atoms with Crippen molar-refractivity contribution in [3.05, 3.63) is 46.5 Å². The molecule has 0 spiro atoms. The normalized spacial score (nSPS) is 10.8. The summed E-state index contributed by atoms with van der Waals surface area (Å²) in [6.07, 6.45) is 3.41. The number of aromatic nitrogens is 3. The first-order chi connectivity index (χ1) is 9.61. The van der Waals surface area contributed by atoms with Gasteiger partial charge in [-0.25, -0.2) is 4.79 Å². The van der Waals surface area contributed by atoms with Gasteiger partial charge in [-0.2, -0.15) is 0 Å². The van der Waals surface area contributed by atoms with Crippen molar-refractivity contribution in [1.82, 2.24) is 15.0 Å². The highest BCUT2D eigenvalue weighted by atomic mass is 16.4. The Labute approximate surface area is 113 Å². The molecule has 4 N–H and O–H groups in total. The van der Waals surface area contributed by atoms with E-state index in [9.17, 15) is 4.79 Å². The third-order valence-electron chi connectivity index (χ3n) is 2.89. The zero-order valence-corrected chi connectivity index (χ0v) is 10.8. The number of aryl methyl sites for hydroxylation is 1. The molecule has 102 valence electrons. The van der Waals surface area contributed by atoms with Crippen LogP contribution >= 0.6 is 0 Å². The Morgan fingerprint density at radius 1 is 1.35 bits per heavy atom. The minimum absolute atomic E-state index is 0.438. The smallest absolute Gasteiger partial charge is 0.408 e. The van der Waals surface area contributed by atoms with E-state index < -0.39 is 5.76 Å². The van der Waals surface area contributed by atoms with E-state index in [2.05, 4.69) is 20.3 Å². The standard InChI is InChI=1S/C13H13N5O2/c1-7-4-16-8(5-15-7)6-17-10-3-11-12(2-9(10)14)20-13(19)18-11/h2-5,17H,6,14H2,1H3,(H,18,19). The fourth-order valence-corrected chi connectivity index (χ4v) is 1.86. The predicted octanol–water partition coefficient (Wildman–Crippen LogP) is 1.41. The van der Waals surface area contributed by atoms with Crippen LogP contribution in [0.15, 0.2) is 33.7 Å². The van der Waals surface area contributed by atoms with Gasteiger partial charge in [0, 0.05) is 12.3 Å². The third-order valence-corrected chi connectivity index (χ3v) is 2.89. The van der Waals surface area contributed by atoms with Gasteiger partial charge in [0.2, 0.25) is 0 Å². The van der Waals surface area contributed by atoms with Gasteiger partial charge in [0.25, 0.3) is 0 Å². The van der Waals surface area contributed by atoms with Gasteiger partial charge in [-0.05, 0) is 13.0 Å². The summed E-state index contributed by atoms with van der Waals surface area (Å²) < 4.78 is 4.94. The summed E-state index contributed by atoms with van der Waals surface area (Å²) in [4.78, 5) is 22.1. The molecule has 0 saturated heterocycles. The van der Waals surface area contributed by atoms with Gasteiger partial charge in [0.15, 0.2) is 5.58 Å². The molecule has 1 aromatic carbocycles. The molecule has 3 rings (SSSR count). The Morgan fingerprint density at radius 3 is 2.95 bits per heavy atom. The summed E-state index contributed by atoms with van der Waals surface area (Å²) >= 11 is 0. The first-order valence-corrected chi connectivity index (χ1v) is 6.05. The predicted molar refractivity (Wildman–Crippen MR) is 75.3 cm³/mol. The lowest BCUT2D eigenvalue weighted by Gasteiger charge is -2.08. The molecule has 7 heteroatoms. The molecule has 0 fully saturated rings. The molecule has 0 saturated carbocycles. The molecule has 2 aromatic heterocycles. The third kappa shape index (κ3) is 2.33. The Balaban J connectivity index is 1.84. The average molecular weight is 271 g/mol. The summed E-state index contributed by atoms with van der Waals surface area (Å²) in [6.45, 7) is 2.37. The quantitative estimate of drug-likeness (QED) is 0.621. The zero-order valence-electron chi connectivity index (χ0n) is 10.8. The first kappa shape index (κ1) is 12.2. The van der Waals surface area contributed by atoms with Gasteiger partial charge in [0.05, 0.1) is 41.0 Å². The number of nitrogens with two attached hydrogens (primary N) is 1. The lowest BCUT2D eigenvalue weighted by atomic mass is 10.2. The second-order valence-corrected chi connectivity index (χ2v) is 4.45. The van der Waals surface area contributed by atoms with E-state index in [0.29, 0.717) is 29.0 Å². The van der Waals surface area contributed by atoms with E-state index in [0.717, 1.165) is 11.4 Å². The highest BCUT2D eigenvalue weighted by Gasteiger charge is 2.07. The SMILES string of the molecule is Cc1cnc(CNc2cc3[nH]c(=O)oc3cc2N)cn1. The van der Waals surface area contributed by atoms with Gasteiger partial charge >= 0.3 is 5.76 Å². The second kappa shape index (κ2) is 4.69. The molecule has 7 nitrogen and oxygen atoms in total. The van der Waals surface area contributed by atoms with Gasteiger partial charge in [0.1, 0.15) is 0 Å². The maximum absolute atomic E-state index is 11.1. The van der Waals surface area contributed by atoms with Crippen molar-refractivity contribution in [3.63, 3.8) is 0 Å². The summed E-state index contributed by atoms with van der Waals surface area (Å²) in [5, 5.41) is 3.16. The number of nitrogen functional groups attached to an aromatic ring is 1. The lowest BCUT2D eigenvalue weighted by Crippen LogP contribution is -2.04. The molecular formula is C13H13N5O2. The maximum atomic E-state index is 11.1. The topological polar surface area (TPSA) is 110 Å². The van der Waals surface area contributed by atoms with Crippen molar-refractivity contribution in [2.24, 2.45) is 0 Å². The molecular weight excluding hydrogens is 258 g/mol. The van der Waals surface area contributed by atoms with Crippen LogP contribution in [0.25, 0.3) is 11.1 Å². The lowest BCUT2D eigenvalue weighted by molar-refractivity contribution is 0.555. The van der Waals surface area contributed by atoms with E-state index in [4.69, 9.17) is 10.2 Å². The van der Waals surface area contributed by atoms with E-state index in [1.54, 1.807) is 24.5 Å². The van der Waals surface area contributed by atoms with Gasteiger partial charge in [-0.3, -0.25) is 15.0 Å². The molecule has 20 heavy (non-hydrogen) atoms. The van der Waals surface area contributed by atoms with E-state index in [1.165, 1.54) is 0 Å². The summed E-state index contributed by atoms with van der Waals surface area (Å²) in [7, 11) is 0. The summed E-state index contributed by atoms with van der Waals surface area (Å²) in [5.41, 5.74) is 9.82. The molecule has 0 aliphatic rings. The molecule has 0 atom stereocenters. The Morgan fingerprint density at radius 2 is 2.20 bits per heavy atom. The highest BCUT2D eigenvalue weighted by Crippen LogP contribution is 2.24. The van der Waals surface area contributed by atoms with Crippen LogP contribution in [0, 0.1) is 6.92 Å². The van der Waals surface area contributed by atoms with Crippen molar-refractivity contribution in [1.29, 1.82) is 0 Å². The summed E-state index contributed by atoms with van der Waals surface area (Å²) in [6, 6.07) is 3.34. The number of fused-ring (bicyclic) bond motifs is 1. The number of oxazole rings is 1. The van der Waals surface area contributed by atoms with Gasteiger partial charge in [-0.15, -0.1) is 0 Å². The van der Waals surface area contributed by atoms with Crippen molar-refractivity contribution in [2.75, 3.05) is 11.1 Å². The van der Waals surface area contributed by atoms with Crippen molar-refractivity contribution < 1.29 is 4.42 Å². The fourth-order valence-electron chi connectivity index (χ4n) is 1.86. The molecule has 0 aliphatic heterocycles. The molecule has 0 amide bonds. The van der Waals surface area contributed by atoms with Crippen LogP contribution in [0.2, 0.25) is 0 Å². The second-order valence-electron chi connectivity index (χ2n) is 4.45. The van der Waals surface area contributed by atoms with Crippen LogP contribution in [0.1, 0.15) is 11.4 Å². The summed E-state index contributed by atoms with van der Waals surface area (Å²) in [5.74, 6) is -0.499. The zero-order chi connectivity index (χ0) is 14.1. The van der Waals surface area contributed by atoms with Crippen molar-refractivity contribution in [2.45, 2.75) is 13.5 Å². The molecule has 0 radical (unpaired) electrons. The van der Waals surface area contributed by atoms with Crippen LogP contribution in [-0.4, -0.2) is 15.0 Å². The van der Waals surface area contributed by atoms with E-state index >= 15 is 0 Å². The molecule has 0 unspecified atom stereocenters. The number of nitrogens with zero attached hydrogens (tertiary/aromatic N) is 2. The Hall–Kier alpha value is -2.83. The van der Waals surface area contributed by atoms with Gasteiger partial charge < -0.3 is 15.5 Å². The first-order valence-electron chi connectivity index (χ1n) is 6.05. The maximum Gasteiger partial charge on any atom is 0.417 e. The number of nitrogens with one attached hydrogen (secondary N) is 2. The number of hydrogen-bond donors (Lipinski definition) is 3. The van der Waals surface area contributed by atoms with E-state index in [-0.39, 0.29) is 0 Å². The van der Waals surface area contributed by atoms with Crippen LogP contribution in [0.4, 0.5) is 11.4 Å². The van der Waals surface area contributed by atoms with Crippen LogP contribution < -0.4 is 16.8 Å². The van der Waals surface area contributed by atoms with E-state index in [1.807, 2.05) is 6.92 Å². The minimum Gasteiger partial charge on any atom is -0.408 e. The number of anilines is 2. The monoisotopic (exact) mass is 271 g/mol. The van der Waals surface area contributed by atoms with Gasteiger partial charge in [-0.1, -0.05) is 0 Å². The van der Waals surface area contributed by atoms with Crippen LogP contribution in [-0.2, 0) is 6.54 Å². The Bertz CT molecular complexity index is 804. The van der Waals surface area contributed by atoms with Crippen LogP contribution in [0.5, 0.6) is 0 Å². The number of rotatable bonds is 3. The Kier molecular flexibility index (Phi) is 2.86. The van der Waals surface area contributed by atoms with Crippen molar-refractivity contribution in [3.8, 4) is 0 Å². The van der Waals surface area contributed by atoms with Crippen LogP contribution in [0.3, 0.4) is 0 Å².